The van der Waals surface area contributed by atoms with Crippen LogP contribution in [0.25, 0.3) is 10.9 Å². The number of H-pyrrole nitrogens is 1. The van der Waals surface area contributed by atoms with Crippen LogP contribution in [-0.4, -0.2) is 34.2 Å². The van der Waals surface area contributed by atoms with Gasteiger partial charge < -0.3 is 5.73 Å². The predicted octanol–water partition coefficient (Wildman–Crippen LogP) is 1.49. The Morgan fingerprint density at radius 2 is 2.29 bits per heavy atom. The molecule has 4 nitrogen and oxygen atoms in total. The highest BCUT2D eigenvalue weighted by molar-refractivity contribution is 5.81. The van der Waals surface area contributed by atoms with E-state index in [1.165, 1.54) is 17.5 Å². The van der Waals surface area contributed by atoms with Crippen LogP contribution in [0.3, 0.4) is 0 Å². The monoisotopic (exact) mass is 230 g/mol. The number of aromatic amines is 1. The van der Waals surface area contributed by atoms with Gasteiger partial charge in [0.05, 0.1) is 11.2 Å². The summed E-state index contributed by atoms with van der Waals surface area (Å²) in [4.78, 5) is 2.41. The maximum Gasteiger partial charge on any atom is 0.0924 e. The zero-order valence-electron chi connectivity index (χ0n) is 9.89. The van der Waals surface area contributed by atoms with Crippen LogP contribution in [-0.2, 0) is 6.54 Å². The van der Waals surface area contributed by atoms with Crippen molar-refractivity contribution in [1.29, 1.82) is 0 Å². The van der Waals surface area contributed by atoms with E-state index in [0.29, 0.717) is 6.04 Å². The van der Waals surface area contributed by atoms with Gasteiger partial charge in [0.25, 0.3) is 0 Å². The number of para-hydroxylation sites is 1. The Labute approximate surface area is 101 Å². The van der Waals surface area contributed by atoms with Gasteiger partial charge in [-0.3, -0.25) is 10.00 Å². The lowest BCUT2D eigenvalue weighted by Crippen LogP contribution is -2.42. The van der Waals surface area contributed by atoms with Crippen molar-refractivity contribution >= 4 is 10.9 Å². The van der Waals surface area contributed by atoms with Crippen molar-refractivity contribution < 1.29 is 0 Å². The summed E-state index contributed by atoms with van der Waals surface area (Å²) >= 11 is 0. The van der Waals surface area contributed by atoms with Crippen molar-refractivity contribution in [3.8, 4) is 0 Å². The van der Waals surface area contributed by atoms with Gasteiger partial charge >= 0.3 is 0 Å². The molecule has 3 N–H and O–H groups in total. The average molecular weight is 230 g/mol. The maximum atomic E-state index is 6.00. The largest absolute Gasteiger partial charge is 0.327 e. The molecule has 0 amide bonds. The van der Waals surface area contributed by atoms with Crippen molar-refractivity contribution in [3.05, 3.63) is 30.0 Å². The quantitative estimate of drug-likeness (QED) is 0.821. The van der Waals surface area contributed by atoms with Crippen LogP contribution in [0.15, 0.2) is 24.3 Å². The minimum absolute atomic E-state index is 0.331. The number of benzene rings is 1. The van der Waals surface area contributed by atoms with Crippen molar-refractivity contribution in [3.63, 3.8) is 0 Å². The Balaban J connectivity index is 1.80. The number of likely N-dealkylation sites (tertiary alicyclic amines) is 1. The Morgan fingerprint density at radius 1 is 1.41 bits per heavy atom. The van der Waals surface area contributed by atoms with Gasteiger partial charge in [-0.15, -0.1) is 0 Å². The van der Waals surface area contributed by atoms with Crippen LogP contribution in [0.5, 0.6) is 0 Å². The molecule has 0 bridgehead atoms. The Kier molecular flexibility index (Phi) is 2.82. The number of aromatic nitrogens is 2. The Morgan fingerprint density at radius 3 is 3.18 bits per heavy atom. The third-order valence-electron chi connectivity index (χ3n) is 3.46. The van der Waals surface area contributed by atoms with Gasteiger partial charge in [0.1, 0.15) is 0 Å². The standard InChI is InChI=1S/C13H18N4/c14-10-4-3-7-17(8-10)9-13-11-5-1-2-6-12(11)15-16-13/h1-2,5-6,10H,3-4,7-9,14H2,(H,15,16)/t10-/m1/s1. The first kappa shape index (κ1) is 10.7. The van der Waals surface area contributed by atoms with Crippen molar-refractivity contribution in [2.45, 2.75) is 25.4 Å². The molecule has 1 fully saturated rings. The summed E-state index contributed by atoms with van der Waals surface area (Å²) in [5.41, 5.74) is 8.25. The third kappa shape index (κ3) is 2.18. The van der Waals surface area contributed by atoms with E-state index in [2.05, 4.69) is 27.2 Å². The summed E-state index contributed by atoms with van der Waals surface area (Å²) in [7, 11) is 0. The molecule has 0 saturated carbocycles. The normalized spacial score (nSPS) is 22.1. The Hall–Kier alpha value is -1.39. The van der Waals surface area contributed by atoms with Gasteiger partial charge in [0.15, 0.2) is 0 Å². The second-order valence-corrected chi connectivity index (χ2v) is 4.86. The van der Waals surface area contributed by atoms with Crippen LogP contribution >= 0.6 is 0 Å². The minimum atomic E-state index is 0.331. The number of hydrogen-bond acceptors (Lipinski definition) is 3. The highest BCUT2D eigenvalue weighted by Crippen LogP contribution is 2.18. The van der Waals surface area contributed by atoms with E-state index in [0.717, 1.165) is 31.6 Å². The third-order valence-corrected chi connectivity index (χ3v) is 3.46. The summed E-state index contributed by atoms with van der Waals surface area (Å²) in [6, 6.07) is 8.57. The molecule has 0 radical (unpaired) electrons. The number of piperidine rings is 1. The zero-order valence-corrected chi connectivity index (χ0v) is 9.89. The molecular formula is C13H18N4. The van der Waals surface area contributed by atoms with Gasteiger partial charge in [0.2, 0.25) is 0 Å². The average Bonchev–Trinajstić information content (AvgIpc) is 2.73. The number of nitrogens with zero attached hydrogens (tertiary/aromatic N) is 2. The molecule has 1 atom stereocenters. The van der Waals surface area contributed by atoms with Crippen molar-refractivity contribution in [2.24, 2.45) is 5.73 Å². The number of fused-ring (bicyclic) bond motifs is 1. The molecule has 90 valence electrons. The second-order valence-electron chi connectivity index (χ2n) is 4.86. The molecule has 1 aliphatic rings. The number of hydrogen-bond donors (Lipinski definition) is 2. The first-order valence-corrected chi connectivity index (χ1v) is 6.23. The summed E-state index contributed by atoms with van der Waals surface area (Å²) in [6.07, 6.45) is 2.35. The van der Waals surface area contributed by atoms with Gasteiger partial charge in [-0.05, 0) is 25.5 Å². The first-order chi connectivity index (χ1) is 8.33. The van der Waals surface area contributed by atoms with E-state index >= 15 is 0 Å². The van der Waals surface area contributed by atoms with E-state index in [1.807, 2.05) is 12.1 Å². The van der Waals surface area contributed by atoms with Crippen LogP contribution in [0.1, 0.15) is 18.5 Å². The second kappa shape index (κ2) is 4.47. The maximum absolute atomic E-state index is 6.00. The van der Waals surface area contributed by atoms with Gasteiger partial charge in [-0.2, -0.15) is 5.10 Å². The molecule has 0 spiro atoms. The number of nitrogens with two attached hydrogens (primary N) is 1. The summed E-state index contributed by atoms with van der Waals surface area (Å²) in [5, 5.41) is 8.69. The molecule has 1 aromatic carbocycles. The first-order valence-electron chi connectivity index (χ1n) is 6.23. The van der Waals surface area contributed by atoms with Crippen molar-refractivity contribution in [1.82, 2.24) is 15.1 Å². The van der Waals surface area contributed by atoms with Crippen LogP contribution in [0, 0.1) is 0 Å². The number of nitrogens with one attached hydrogen (secondary N) is 1. The Bertz CT molecular complexity index is 505. The molecule has 0 aliphatic carbocycles. The lowest BCUT2D eigenvalue weighted by molar-refractivity contribution is 0.200. The smallest absolute Gasteiger partial charge is 0.0924 e. The molecule has 3 rings (SSSR count). The SMILES string of the molecule is N[C@@H]1CCCN(Cc2[nH]nc3ccccc23)C1. The van der Waals surface area contributed by atoms with Gasteiger partial charge in [-0.25, -0.2) is 0 Å². The highest BCUT2D eigenvalue weighted by Gasteiger charge is 2.18. The lowest BCUT2D eigenvalue weighted by Gasteiger charge is -2.30. The molecule has 2 aromatic rings. The summed E-state index contributed by atoms with van der Waals surface area (Å²) in [6.45, 7) is 3.06. The zero-order chi connectivity index (χ0) is 11.7. The van der Waals surface area contributed by atoms with E-state index in [1.54, 1.807) is 0 Å². The summed E-state index contributed by atoms with van der Waals surface area (Å²) in [5.74, 6) is 0. The fraction of sp³-hybridized carbons (Fsp3) is 0.462. The minimum Gasteiger partial charge on any atom is -0.327 e. The number of rotatable bonds is 2. The fourth-order valence-electron chi connectivity index (χ4n) is 2.59. The molecule has 4 heteroatoms. The molecule has 17 heavy (non-hydrogen) atoms. The van der Waals surface area contributed by atoms with E-state index in [-0.39, 0.29) is 0 Å². The topological polar surface area (TPSA) is 57.9 Å². The molecule has 1 aromatic heterocycles. The van der Waals surface area contributed by atoms with Crippen LogP contribution in [0.2, 0.25) is 0 Å². The fourth-order valence-corrected chi connectivity index (χ4v) is 2.59. The van der Waals surface area contributed by atoms with Gasteiger partial charge in [0, 0.05) is 24.5 Å². The lowest BCUT2D eigenvalue weighted by atomic mass is 10.1. The highest BCUT2D eigenvalue weighted by atomic mass is 15.2. The van der Waals surface area contributed by atoms with Crippen LogP contribution in [0.4, 0.5) is 0 Å². The van der Waals surface area contributed by atoms with E-state index in [4.69, 9.17) is 5.73 Å². The van der Waals surface area contributed by atoms with Crippen molar-refractivity contribution in [2.75, 3.05) is 13.1 Å². The molecular weight excluding hydrogens is 212 g/mol. The van der Waals surface area contributed by atoms with E-state index in [9.17, 15) is 0 Å². The molecule has 2 heterocycles. The van der Waals surface area contributed by atoms with Gasteiger partial charge in [-0.1, -0.05) is 18.2 Å². The molecule has 0 unspecified atom stereocenters. The van der Waals surface area contributed by atoms with Crippen LogP contribution < -0.4 is 5.73 Å². The molecule has 1 saturated heterocycles. The molecule has 1 aliphatic heterocycles. The summed E-state index contributed by atoms with van der Waals surface area (Å²) < 4.78 is 0. The van der Waals surface area contributed by atoms with E-state index < -0.39 is 0 Å². The predicted molar refractivity (Wildman–Crippen MR) is 68.6 cm³/mol.